The van der Waals surface area contributed by atoms with Crippen LogP contribution in [0.4, 0.5) is 5.82 Å². The molecule has 0 amide bonds. The van der Waals surface area contributed by atoms with Crippen molar-refractivity contribution in [3.05, 3.63) is 60.9 Å². The molecule has 3 rings (SSSR count). The highest BCUT2D eigenvalue weighted by Gasteiger charge is 2.08. The largest absolute Gasteiger partial charge is 0.383 e. The summed E-state index contributed by atoms with van der Waals surface area (Å²) in [5.74, 6) is 1.43. The summed E-state index contributed by atoms with van der Waals surface area (Å²) in [6.07, 6.45) is 3.51. The first-order valence-electron chi connectivity index (χ1n) is 7.44. The molecule has 0 aliphatic heterocycles. The molecule has 0 spiro atoms. The lowest BCUT2D eigenvalue weighted by Gasteiger charge is -2.10. The molecule has 2 heterocycles. The normalized spacial score (nSPS) is 10.5. The van der Waals surface area contributed by atoms with Crippen LogP contribution in [0.1, 0.15) is 0 Å². The fraction of sp³-hybridized carbons (Fsp3) is 0.167. The van der Waals surface area contributed by atoms with Crippen molar-refractivity contribution in [2.75, 3.05) is 25.6 Å². The second kappa shape index (κ2) is 7.47. The lowest BCUT2D eigenvalue weighted by atomic mass is 10.1. The van der Waals surface area contributed by atoms with Gasteiger partial charge in [-0.3, -0.25) is 4.98 Å². The molecule has 1 aromatic carbocycles. The molecule has 5 nitrogen and oxygen atoms in total. The van der Waals surface area contributed by atoms with Crippen molar-refractivity contribution in [1.29, 1.82) is 0 Å². The third-order valence-electron chi connectivity index (χ3n) is 3.33. The highest BCUT2D eigenvalue weighted by molar-refractivity contribution is 5.67. The monoisotopic (exact) mass is 306 g/mol. The van der Waals surface area contributed by atoms with Gasteiger partial charge in [0.2, 0.25) is 0 Å². The Bertz CT molecular complexity index is 690. The Balaban J connectivity index is 2.00. The number of anilines is 1. The van der Waals surface area contributed by atoms with Crippen molar-refractivity contribution >= 4 is 5.82 Å². The van der Waals surface area contributed by atoms with Crippen molar-refractivity contribution in [2.24, 2.45) is 0 Å². The third kappa shape index (κ3) is 3.90. The summed E-state index contributed by atoms with van der Waals surface area (Å²) in [5, 5.41) is 3.27. The first kappa shape index (κ1) is 15.1. The summed E-state index contributed by atoms with van der Waals surface area (Å²) < 4.78 is 5.08. The first-order chi connectivity index (χ1) is 11.4. The highest BCUT2D eigenvalue weighted by atomic mass is 16.5. The van der Waals surface area contributed by atoms with Gasteiger partial charge in [-0.25, -0.2) is 9.97 Å². The van der Waals surface area contributed by atoms with E-state index in [1.54, 1.807) is 19.5 Å². The molecule has 0 aliphatic carbocycles. The zero-order valence-electron chi connectivity index (χ0n) is 12.9. The number of aromatic nitrogens is 3. The number of nitrogens with one attached hydrogen (secondary N) is 1. The molecular formula is C18H18N4O. The van der Waals surface area contributed by atoms with Crippen LogP contribution in [0, 0.1) is 0 Å². The summed E-state index contributed by atoms with van der Waals surface area (Å²) in [4.78, 5) is 13.4. The maximum atomic E-state index is 5.08. The second-order valence-corrected chi connectivity index (χ2v) is 4.99. The van der Waals surface area contributed by atoms with Crippen molar-refractivity contribution in [3.8, 4) is 22.6 Å². The van der Waals surface area contributed by atoms with Crippen LogP contribution in [0.25, 0.3) is 22.6 Å². The Morgan fingerprint density at radius 2 is 1.83 bits per heavy atom. The SMILES string of the molecule is COCCNc1cc(-c2ccccc2)nc(-c2cccnc2)n1. The quantitative estimate of drug-likeness (QED) is 0.708. The Hall–Kier alpha value is -2.79. The van der Waals surface area contributed by atoms with Gasteiger partial charge in [-0.05, 0) is 12.1 Å². The molecule has 0 fully saturated rings. The van der Waals surface area contributed by atoms with Crippen LogP contribution >= 0.6 is 0 Å². The van der Waals surface area contributed by atoms with E-state index in [1.165, 1.54) is 0 Å². The van der Waals surface area contributed by atoms with E-state index in [4.69, 9.17) is 4.74 Å². The number of nitrogens with zero attached hydrogens (tertiary/aromatic N) is 3. The van der Waals surface area contributed by atoms with E-state index in [0.717, 1.165) is 22.6 Å². The molecule has 0 unspecified atom stereocenters. The van der Waals surface area contributed by atoms with E-state index in [0.29, 0.717) is 19.0 Å². The van der Waals surface area contributed by atoms with Gasteiger partial charge in [0.15, 0.2) is 5.82 Å². The minimum absolute atomic E-state index is 0.618. The Morgan fingerprint density at radius 1 is 1.00 bits per heavy atom. The molecule has 0 bridgehead atoms. The molecular weight excluding hydrogens is 288 g/mol. The van der Waals surface area contributed by atoms with Gasteiger partial charge < -0.3 is 10.1 Å². The Labute approximate surface area is 135 Å². The van der Waals surface area contributed by atoms with E-state index in [-0.39, 0.29) is 0 Å². The molecule has 0 atom stereocenters. The van der Waals surface area contributed by atoms with Gasteiger partial charge in [0.1, 0.15) is 5.82 Å². The van der Waals surface area contributed by atoms with Crippen molar-refractivity contribution < 1.29 is 4.74 Å². The number of hydrogen-bond acceptors (Lipinski definition) is 5. The predicted molar refractivity (Wildman–Crippen MR) is 91.1 cm³/mol. The first-order valence-corrected chi connectivity index (χ1v) is 7.44. The maximum absolute atomic E-state index is 5.08. The summed E-state index contributed by atoms with van der Waals surface area (Å²) in [7, 11) is 1.68. The summed E-state index contributed by atoms with van der Waals surface area (Å²) in [6.45, 7) is 1.31. The topological polar surface area (TPSA) is 59.9 Å². The van der Waals surface area contributed by atoms with Gasteiger partial charge in [-0.1, -0.05) is 30.3 Å². The van der Waals surface area contributed by atoms with E-state index in [1.807, 2.05) is 48.5 Å². The maximum Gasteiger partial charge on any atom is 0.163 e. The number of benzene rings is 1. The van der Waals surface area contributed by atoms with Crippen LogP contribution in [0.3, 0.4) is 0 Å². The van der Waals surface area contributed by atoms with Gasteiger partial charge in [0.05, 0.1) is 12.3 Å². The number of ether oxygens (including phenoxy) is 1. The smallest absolute Gasteiger partial charge is 0.163 e. The standard InChI is InChI=1S/C18H18N4O/c1-23-11-10-20-17-12-16(14-6-3-2-4-7-14)21-18(22-17)15-8-5-9-19-13-15/h2-9,12-13H,10-11H2,1H3,(H,20,21,22). The van der Waals surface area contributed by atoms with E-state index in [9.17, 15) is 0 Å². The lowest BCUT2D eigenvalue weighted by molar-refractivity contribution is 0.210. The zero-order valence-corrected chi connectivity index (χ0v) is 12.9. The molecule has 3 aromatic rings. The number of pyridine rings is 1. The minimum atomic E-state index is 0.618. The van der Waals surface area contributed by atoms with Crippen LogP contribution in [0.5, 0.6) is 0 Å². The van der Waals surface area contributed by atoms with Crippen LogP contribution in [-0.4, -0.2) is 35.2 Å². The highest BCUT2D eigenvalue weighted by Crippen LogP contribution is 2.23. The average Bonchev–Trinajstić information content (AvgIpc) is 2.63. The molecule has 23 heavy (non-hydrogen) atoms. The fourth-order valence-electron chi connectivity index (χ4n) is 2.20. The summed E-state index contributed by atoms with van der Waals surface area (Å²) >= 11 is 0. The Morgan fingerprint density at radius 3 is 2.57 bits per heavy atom. The molecule has 0 aliphatic rings. The summed E-state index contributed by atoms with van der Waals surface area (Å²) in [6, 6.07) is 15.8. The number of methoxy groups -OCH3 is 1. The number of hydrogen-bond donors (Lipinski definition) is 1. The molecule has 0 radical (unpaired) electrons. The van der Waals surface area contributed by atoms with Crippen LogP contribution in [0.2, 0.25) is 0 Å². The average molecular weight is 306 g/mol. The molecule has 116 valence electrons. The fourth-order valence-corrected chi connectivity index (χ4v) is 2.20. The third-order valence-corrected chi connectivity index (χ3v) is 3.33. The minimum Gasteiger partial charge on any atom is -0.383 e. The van der Waals surface area contributed by atoms with E-state index >= 15 is 0 Å². The second-order valence-electron chi connectivity index (χ2n) is 4.99. The molecule has 1 N–H and O–H groups in total. The van der Waals surface area contributed by atoms with Crippen LogP contribution in [-0.2, 0) is 4.74 Å². The molecule has 5 heteroatoms. The van der Waals surface area contributed by atoms with Gasteiger partial charge in [-0.2, -0.15) is 0 Å². The molecule has 0 saturated heterocycles. The lowest BCUT2D eigenvalue weighted by Crippen LogP contribution is -2.10. The van der Waals surface area contributed by atoms with E-state index in [2.05, 4.69) is 20.3 Å². The van der Waals surface area contributed by atoms with Gasteiger partial charge >= 0.3 is 0 Å². The zero-order chi connectivity index (χ0) is 15.9. The number of rotatable bonds is 6. The van der Waals surface area contributed by atoms with Crippen molar-refractivity contribution in [1.82, 2.24) is 15.0 Å². The Kier molecular flexibility index (Phi) is 4.91. The van der Waals surface area contributed by atoms with Gasteiger partial charge in [-0.15, -0.1) is 0 Å². The van der Waals surface area contributed by atoms with Crippen LogP contribution in [0.15, 0.2) is 60.9 Å². The van der Waals surface area contributed by atoms with Crippen LogP contribution < -0.4 is 5.32 Å². The predicted octanol–water partition coefficient (Wildman–Crippen LogP) is 3.26. The van der Waals surface area contributed by atoms with Crippen molar-refractivity contribution in [3.63, 3.8) is 0 Å². The molecule has 2 aromatic heterocycles. The summed E-state index contributed by atoms with van der Waals surface area (Å²) in [5.41, 5.74) is 2.81. The van der Waals surface area contributed by atoms with Crippen molar-refractivity contribution in [2.45, 2.75) is 0 Å². The van der Waals surface area contributed by atoms with Gasteiger partial charge in [0, 0.05) is 43.2 Å². The van der Waals surface area contributed by atoms with E-state index < -0.39 is 0 Å². The van der Waals surface area contributed by atoms with Gasteiger partial charge in [0.25, 0.3) is 0 Å². The molecule has 0 saturated carbocycles.